The molecule has 0 radical (unpaired) electrons. The molecule has 0 fully saturated rings. The molecule has 1 aliphatic rings. The van der Waals surface area contributed by atoms with Crippen LogP contribution in [0.1, 0.15) is 27.9 Å². The molecule has 22 heavy (non-hydrogen) atoms. The zero-order valence-electron chi connectivity index (χ0n) is 12.0. The van der Waals surface area contributed by atoms with Gasteiger partial charge in [-0.3, -0.25) is 4.79 Å². The van der Waals surface area contributed by atoms with Crippen LogP contribution < -0.4 is 4.74 Å². The van der Waals surface area contributed by atoms with E-state index in [1.165, 1.54) is 31.4 Å². The van der Waals surface area contributed by atoms with Crippen molar-refractivity contribution in [3.05, 3.63) is 65.0 Å². The number of hydrogen-bond donors (Lipinski definition) is 0. The Labute approximate surface area is 127 Å². The van der Waals surface area contributed by atoms with Gasteiger partial charge in [0.05, 0.1) is 17.9 Å². The van der Waals surface area contributed by atoms with Crippen molar-refractivity contribution in [1.29, 1.82) is 0 Å². The quantitative estimate of drug-likeness (QED) is 0.646. The van der Waals surface area contributed by atoms with E-state index < -0.39 is 0 Å². The second kappa shape index (κ2) is 5.97. The van der Waals surface area contributed by atoms with Gasteiger partial charge in [-0.15, -0.1) is 0 Å². The van der Waals surface area contributed by atoms with Gasteiger partial charge in [0.25, 0.3) is 0 Å². The Hall–Kier alpha value is -2.69. The lowest BCUT2D eigenvalue weighted by Gasteiger charge is -2.21. The number of nitrogens with zero attached hydrogens (tertiary/aromatic N) is 1. The number of rotatable bonds is 3. The Kier molecular flexibility index (Phi) is 3.87. The number of oxime groups is 1. The molecule has 0 saturated carbocycles. The molecule has 0 aromatic heterocycles. The summed E-state index contributed by atoms with van der Waals surface area (Å²) in [6, 6.07) is 10.7. The van der Waals surface area contributed by atoms with Crippen LogP contribution in [0.15, 0.2) is 47.6 Å². The lowest BCUT2D eigenvalue weighted by Crippen LogP contribution is -2.20. The van der Waals surface area contributed by atoms with E-state index in [4.69, 9.17) is 9.57 Å². The highest BCUT2D eigenvalue weighted by atomic mass is 19.1. The van der Waals surface area contributed by atoms with Gasteiger partial charge in [0.2, 0.25) is 0 Å². The van der Waals surface area contributed by atoms with Gasteiger partial charge in [-0.05, 0) is 30.3 Å². The molecule has 0 atom stereocenters. The Bertz CT molecular complexity index is 738. The van der Waals surface area contributed by atoms with Gasteiger partial charge in [0.15, 0.2) is 5.78 Å². The molecule has 0 N–H and O–H groups in total. The van der Waals surface area contributed by atoms with Crippen LogP contribution in [0.2, 0.25) is 0 Å². The van der Waals surface area contributed by atoms with Crippen molar-refractivity contribution in [3.63, 3.8) is 0 Å². The van der Waals surface area contributed by atoms with Gasteiger partial charge < -0.3 is 9.57 Å². The summed E-state index contributed by atoms with van der Waals surface area (Å²) in [4.78, 5) is 17.6. The monoisotopic (exact) mass is 299 g/mol. The lowest BCUT2D eigenvalue weighted by molar-refractivity contribution is 0.103. The lowest BCUT2D eigenvalue weighted by atomic mass is 9.93. The van der Waals surface area contributed by atoms with Crippen LogP contribution in [-0.2, 0) is 4.84 Å². The molecule has 1 heterocycles. The summed E-state index contributed by atoms with van der Waals surface area (Å²) in [7, 11) is 1.46. The van der Waals surface area contributed by atoms with E-state index in [1.807, 2.05) is 0 Å². The number of fused-ring (bicyclic) bond motifs is 1. The maximum Gasteiger partial charge on any atom is 0.193 e. The minimum absolute atomic E-state index is 0.203. The SMILES string of the molecule is CO/N=C1\CCOc2cccc(C(=O)c3ccc(F)cc3)c21. The van der Waals surface area contributed by atoms with Gasteiger partial charge >= 0.3 is 0 Å². The highest BCUT2D eigenvalue weighted by Gasteiger charge is 2.25. The van der Waals surface area contributed by atoms with Gasteiger partial charge in [0.1, 0.15) is 18.7 Å². The second-order valence-corrected chi connectivity index (χ2v) is 4.83. The van der Waals surface area contributed by atoms with E-state index in [0.717, 1.165) is 0 Å². The molecule has 3 rings (SSSR count). The van der Waals surface area contributed by atoms with Crippen molar-refractivity contribution in [1.82, 2.24) is 0 Å². The fourth-order valence-corrected chi connectivity index (χ4v) is 2.48. The van der Waals surface area contributed by atoms with Crippen molar-refractivity contribution >= 4 is 11.5 Å². The van der Waals surface area contributed by atoms with Crippen LogP contribution in [0.3, 0.4) is 0 Å². The number of hydrogen-bond acceptors (Lipinski definition) is 4. The molecule has 0 bridgehead atoms. The van der Waals surface area contributed by atoms with Crippen LogP contribution >= 0.6 is 0 Å². The van der Waals surface area contributed by atoms with Crippen molar-refractivity contribution in [2.45, 2.75) is 6.42 Å². The van der Waals surface area contributed by atoms with Crippen LogP contribution in [0.25, 0.3) is 0 Å². The van der Waals surface area contributed by atoms with E-state index >= 15 is 0 Å². The number of benzene rings is 2. The average molecular weight is 299 g/mol. The summed E-state index contributed by atoms with van der Waals surface area (Å²) < 4.78 is 18.6. The molecule has 0 aliphatic carbocycles. The summed E-state index contributed by atoms with van der Waals surface area (Å²) >= 11 is 0. The molecule has 5 heteroatoms. The van der Waals surface area contributed by atoms with E-state index in [9.17, 15) is 9.18 Å². The van der Waals surface area contributed by atoms with Crippen molar-refractivity contribution in [2.24, 2.45) is 5.16 Å². The van der Waals surface area contributed by atoms with Crippen molar-refractivity contribution in [2.75, 3.05) is 13.7 Å². The van der Waals surface area contributed by atoms with Crippen molar-refractivity contribution in [3.8, 4) is 5.75 Å². The van der Waals surface area contributed by atoms with Crippen LogP contribution in [0, 0.1) is 5.82 Å². The first-order valence-electron chi connectivity index (χ1n) is 6.87. The van der Waals surface area contributed by atoms with Crippen molar-refractivity contribution < 1.29 is 18.8 Å². The summed E-state index contributed by atoms with van der Waals surface area (Å²) in [6.07, 6.45) is 0.564. The maximum atomic E-state index is 13.0. The molecule has 1 aliphatic heterocycles. The molecule has 2 aromatic rings. The second-order valence-electron chi connectivity index (χ2n) is 4.83. The topological polar surface area (TPSA) is 47.9 Å². The maximum absolute atomic E-state index is 13.0. The average Bonchev–Trinajstić information content (AvgIpc) is 2.55. The molecular formula is C17H14FNO3. The summed E-state index contributed by atoms with van der Waals surface area (Å²) in [6.45, 7) is 0.489. The largest absolute Gasteiger partial charge is 0.492 e. The molecule has 0 amide bonds. The molecule has 0 spiro atoms. The Morgan fingerprint density at radius 2 is 2.00 bits per heavy atom. The molecule has 0 unspecified atom stereocenters. The fraction of sp³-hybridized carbons (Fsp3) is 0.176. The zero-order valence-corrected chi connectivity index (χ0v) is 12.0. The predicted molar refractivity (Wildman–Crippen MR) is 79.9 cm³/mol. The van der Waals surface area contributed by atoms with Crippen LogP contribution in [0.4, 0.5) is 4.39 Å². The molecule has 0 saturated heterocycles. The van der Waals surface area contributed by atoms with Gasteiger partial charge in [-0.25, -0.2) is 4.39 Å². The van der Waals surface area contributed by atoms with Crippen LogP contribution in [0.5, 0.6) is 5.75 Å². The third-order valence-corrected chi connectivity index (χ3v) is 3.46. The molecule has 4 nitrogen and oxygen atoms in total. The van der Waals surface area contributed by atoms with E-state index in [2.05, 4.69) is 5.16 Å². The number of ether oxygens (including phenoxy) is 1. The number of ketones is 1. The van der Waals surface area contributed by atoms with Gasteiger partial charge in [-0.2, -0.15) is 0 Å². The number of carbonyl (C=O) groups is 1. The first-order valence-corrected chi connectivity index (χ1v) is 6.87. The number of carbonyl (C=O) groups excluding carboxylic acids is 1. The standard InChI is InChI=1S/C17H14FNO3/c1-21-19-14-9-10-22-15-4-2-3-13(16(14)15)17(20)11-5-7-12(18)8-6-11/h2-8H,9-10H2,1H3/b19-14+. The molecular weight excluding hydrogens is 285 g/mol. The van der Waals surface area contributed by atoms with E-state index in [1.54, 1.807) is 18.2 Å². The Balaban J connectivity index is 2.10. The predicted octanol–water partition coefficient (Wildman–Crippen LogP) is 3.19. The smallest absolute Gasteiger partial charge is 0.193 e. The zero-order chi connectivity index (χ0) is 15.5. The van der Waals surface area contributed by atoms with Gasteiger partial charge in [-0.1, -0.05) is 17.3 Å². The first-order chi connectivity index (χ1) is 10.7. The highest BCUT2D eigenvalue weighted by Crippen LogP contribution is 2.30. The van der Waals surface area contributed by atoms with Crippen LogP contribution in [-0.4, -0.2) is 25.2 Å². The Morgan fingerprint density at radius 1 is 1.23 bits per heavy atom. The number of halogens is 1. The van der Waals surface area contributed by atoms with E-state index in [0.29, 0.717) is 41.2 Å². The summed E-state index contributed by atoms with van der Waals surface area (Å²) in [5, 5.41) is 4.00. The fourth-order valence-electron chi connectivity index (χ4n) is 2.48. The minimum atomic E-state index is -0.378. The Morgan fingerprint density at radius 3 is 2.73 bits per heavy atom. The van der Waals surface area contributed by atoms with E-state index in [-0.39, 0.29) is 11.6 Å². The third-order valence-electron chi connectivity index (χ3n) is 3.46. The first kappa shape index (κ1) is 14.3. The third kappa shape index (κ3) is 2.57. The highest BCUT2D eigenvalue weighted by molar-refractivity contribution is 6.18. The van der Waals surface area contributed by atoms with Gasteiger partial charge in [0, 0.05) is 17.5 Å². The minimum Gasteiger partial charge on any atom is -0.492 e. The summed E-state index contributed by atoms with van der Waals surface area (Å²) in [5.74, 6) is 0.0257. The summed E-state index contributed by atoms with van der Waals surface area (Å²) in [5.41, 5.74) is 2.21. The molecule has 2 aromatic carbocycles. The molecule has 112 valence electrons. The normalized spacial score (nSPS) is 15.1.